The molecular weight excluding hydrogens is 507 g/mol. The number of benzene rings is 3. The van der Waals surface area contributed by atoms with Crippen molar-refractivity contribution in [2.45, 2.75) is 24.0 Å². The Morgan fingerprint density at radius 1 is 1.00 bits per heavy atom. The molecule has 0 radical (unpaired) electrons. The van der Waals surface area contributed by atoms with Gasteiger partial charge in [-0.15, -0.1) is 0 Å². The van der Waals surface area contributed by atoms with Crippen LogP contribution in [-0.4, -0.2) is 29.0 Å². The van der Waals surface area contributed by atoms with Gasteiger partial charge in [-0.2, -0.15) is 5.10 Å². The molecule has 0 aliphatic heterocycles. The van der Waals surface area contributed by atoms with Crippen LogP contribution in [0, 0.1) is 5.82 Å². The maximum atomic E-state index is 14.8. The first-order chi connectivity index (χ1) is 17.1. The number of aromatic nitrogens is 3. The third-order valence-corrected chi connectivity index (χ3v) is 7.15. The van der Waals surface area contributed by atoms with Gasteiger partial charge in [-0.1, -0.05) is 66.2 Å². The van der Waals surface area contributed by atoms with Gasteiger partial charge in [0.1, 0.15) is 5.82 Å². The van der Waals surface area contributed by atoms with E-state index in [1.165, 1.54) is 12.1 Å². The largest absolute Gasteiger partial charge is 0.347 e. The lowest BCUT2D eigenvalue weighted by molar-refractivity contribution is 0.475. The predicted octanol–water partition coefficient (Wildman–Crippen LogP) is 3.02. The highest BCUT2D eigenvalue weighted by Gasteiger charge is 2.22. The molecule has 0 aliphatic carbocycles. The van der Waals surface area contributed by atoms with Gasteiger partial charge >= 0.3 is 5.69 Å². The van der Waals surface area contributed by atoms with Gasteiger partial charge in [0.15, 0.2) is 15.5 Å². The highest BCUT2D eigenvalue weighted by atomic mass is 35.5. The van der Waals surface area contributed by atoms with Crippen LogP contribution in [0.4, 0.5) is 4.39 Å². The molecule has 4 aromatic rings. The van der Waals surface area contributed by atoms with Crippen molar-refractivity contribution in [3.8, 4) is 11.3 Å². The Morgan fingerprint density at radius 3 is 2.33 bits per heavy atom. The Balaban J connectivity index is 1.93. The summed E-state index contributed by atoms with van der Waals surface area (Å²) >= 11 is 6.31. The van der Waals surface area contributed by atoms with Crippen LogP contribution in [0.2, 0.25) is 5.02 Å². The summed E-state index contributed by atoms with van der Waals surface area (Å²) in [6, 6.07) is 18.2. The van der Waals surface area contributed by atoms with Crippen molar-refractivity contribution in [3.63, 3.8) is 0 Å². The van der Waals surface area contributed by atoms with Crippen molar-refractivity contribution in [1.82, 2.24) is 14.3 Å². The fourth-order valence-corrected chi connectivity index (χ4v) is 5.00. The Labute approximate surface area is 211 Å². The van der Waals surface area contributed by atoms with Crippen molar-refractivity contribution in [1.29, 1.82) is 0 Å². The molecule has 4 rings (SSSR count). The first-order valence-corrected chi connectivity index (χ1v) is 13.1. The average molecular weight is 529 g/mol. The maximum Gasteiger partial charge on any atom is 0.347 e. The number of nitrogens with zero attached hydrogens (tertiary/aromatic N) is 3. The maximum absolute atomic E-state index is 14.8. The summed E-state index contributed by atoms with van der Waals surface area (Å²) in [5.41, 5.74) is 5.25. The normalized spacial score (nSPS) is 12.4. The summed E-state index contributed by atoms with van der Waals surface area (Å²) in [6.07, 6.45) is 0.941. The minimum atomic E-state index is -3.82. The Hall–Kier alpha value is -3.60. The van der Waals surface area contributed by atoms with Gasteiger partial charge in [0, 0.05) is 23.4 Å². The fourth-order valence-electron chi connectivity index (χ4n) is 3.84. The van der Waals surface area contributed by atoms with E-state index in [-0.39, 0.29) is 33.3 Å². The van der Waals surface area contributed by atoms with Gasteiger partial charge in [-0.05, 0) is 23.8 Å². The summed E-state index contributed by atoms with van der Waals surface area (Å²) < 4.78 is 41.1. The van der Waals surface area contributed by atoms with E-state index in [1.54, 1.807) is 48.5 Å². The summed E-state index contributed by atoms with van der Waals surface area (Å²) in [7, 11) is -3.82. The zero-order chi connectivity index (χ0) is 26.0. The van der Waals surface area contributed by atoms with Crippen LogP contribution in [0.15, 0.2) is 87.3 Å². The molecule has 0 saturated carbocycles. The second-order valence-electron chi connectivity index (χ2n) is 8.19. The second kappa shape index (κ2) is 10.2. The topological polar surface area (TPSA) is 117 Å². The summed E-state index contributed by atoms with van der Waals surface area (Å²) in [6.45, 7) is -0.732. The minimum Gasteiger partial charge on any atom is -0.322 e. The van der Waals surface area contributed by atoms with E-state index >= 15 is 0 Å². The number of sulfone groups is 1. The zero-order valence-electron chi connectivity index (χ0n) is 19.1. The molecule has 3 aromatic carbocycles. The number of hydrogen-bond donors (Lipinski definition) is 1. The highest BCUT2D eigenvalue weighted by molar-refractivity contribution is 7.90. The number of rotatable bonds is 7. The van der Waals surface area contributed by atoms with Gasteiger partial charge in [-0.25, -0.2) is 22.3 Å². The van der Waals surface area contributed by atoms with Crippen LogP contribution in [0.25, 0.3) is 11.3 Å². The number of halogens is 2. The van der Waals surface area contributed by atoms with Gasteiger partial charge in [0.2, 0.25) is 0 Å². The van der Waals surface area contributed by atoms with Crippen LogP contribution < -0.4 is 17.0 Å². The summed E-state index contributed by atoms with van der Waals surface area (Å²) in [5.74, 6) is -0.829. The molecule has 0 aliphatic rings. The fraction of sp³-hybridized carbons (Fsp3) is 0.160. The van der Waals surface area contributed by atoms with E-state index in [0.29, 0.717) is 5.56 Å². The van der Waals surface area contributed by atoms with Crippen LogP contribution in [0.3, 0.4) is 0 Å². The van der Waals surface area contributed by atoms with E-state index in [2.05, 4.69) is 5.10 Å². The monoisotopic (exact) mass is 528 g/mol. The second-order valence-corrected chi connectivity index (χ2v) is 10.6. The van der Waals surface area contributed by atoms with Gasteiger partial charge in [0.25, 0.3) is 5.56 Å². The molecule has 2 N–H and O–H groups in total. The minimum absolute atomic E-state index is 0.155. The standard InChI is InChI=1S/C25H22ClFN4O4S/c1-36(34,35)22-13-7-12-20(27)18(22)14-31-25(33)30(15-21(28)16-8-3-2-4-9-16)24(32)23(29-31)17-10-5-6-11-19(17)26/h2-13,21H,14-15,28H2,1H3. The molecule has 1 unspecified atom stereocenters. The van der Waals surface area contributed by atoms with Crippen LogP contribution in [0.5, 0.6) is 0 Å². The molecule has 1 heterocycles. The number of hydrogen-bond acceptors (Lipinski definition) is 6. The SMILES string of the molecule is CS(=O)(=O)c1cccc(F)c1Cn1nc(-c2ccccc2Cl)c(=O)n(CC(N)c2ccccc2)c1=O. The van der Waals surface area contributed by atoms with E-state index in [1.807, 2.05) is 6.07 Å². The zero-order valence-corrected chi connectivity index (χ0v) is 20.7. The van der Waals surface area contributed by atoms with Crippen LogP contribution in [-0.2, 0) is 22.9 Å². The lowest BCUT2D eigenvalue weighted by Gasteiger charge is -2.17. The molecule has 0 amide bonds. The van der Waals surface area contributed by atoms with Crippen molar-refractivity contribution in [3.05, 3.63) is 116 Å². The molecule has 1 aromatic heterocycles. The van der Waals surface area contributed by atoms with E-state index < -0.39 is 39.5 Å². The van der Waals surface area contributed by atoms with Crippen LogP contribution in [0.1, 0.15) is 17.2 Å². The first-order valence-electron chi connectivity index (χ1n) is 10.8. The van der Waals surface area contributed by atoms with Crippen molar-refractivity contribution in [2.75, 3.05) is 6.26 Å². The van der Waals surface area contributed by atoms with E-state index in [9.17, 15) is 22.4 Å². The Kier molecular flexibility index (Phi) is 7.21. The molecule has 36 heavy (non-hydrogen) atoms. The first kappa shape index (κ1) is 25.5. The quantitative estimate of drug-likeness (QED) is 0.394. The van der Waals surface area contributed by atoms with Crippen LogP contribution >= 0.6 is 11.6 Å². The van der Waals surface area contributed by atoms with Crippen molar-refractivity contribution in [2.24, 2.45) is 5.73 Å². The number of nitrogens with two attached hydrogens (primary N) is 1. The van der Waals surface area contributed by atoms with E-state index in [4.69, 9.17) is 17.3 Å². The third kappa shape index (κ3) is 5.15. The lowest BCUT2D eigenvalue weighted by Crippen LogP contribution is -2.44. The van der Waals surface area contributed by atoms with E-state index in [0.717, 1.165) is 21.6 Å². The Morgan fingerprint density at radius 2 is 1.67 bits per heavy atom. The molecular formula is C25H22ClFN4O4S. The molecule has 186 valence electrons. The van der Waals surface area contributed by atoms with Gasteiger partial charge in [-0.3, -0.25) is 9.36 Å². The lowest BCUT2D eigenvalue weighted by atomic mass is 10.1. The molecule has 1 atom stereocenters. The Bertz CT molecular complexity index is 1650. The molecule has 11 heteroatoms. The summed E-state index contributed by atoms with van der Waals surface area (Å²) in [5, 5.41) is 4.40. The molecule has 0 bridgehead atoms. The molecule has 8 nitrogen and oxygen atoms in total. The van der Waals surface area contributed by atoms with Crippen molar-refractivity contribution >= 4 is 21.4 Å². The predicted molar refractivity (Wildman–Crippen MR) is 135 cm³/mol. The third-order valence-electron chi connectivity index (χ3n) is 5.64. The van der Waals surface area contributed by atoms with Gasteiger partial charge in [0.05, 0.1) is 23.0 Å². The average Bonchev–Trinajstić information content (AvgIpc) is 2.85. The van der Waals surface area contributed by atoms with Crippen molar-refractivity contribution < 1.29 is 12.8 Å². The summed E-state index contributed by atoms with van der Waals surface area (Å²) in [4.78, 5) is 26.5. The van der Waals surface area contributed by atoms with Gasteiger partial charge < -0.3 is 5.73 Å². The smallest absolute Gasteiger partial charge is 0.322 e. The molecule has 0 saturated heterocycles. The highest BCUT2D eigenvalue weighted by Crippen LogP contribution is 2.24. The molecule has 0 spiro atoms. The molecule has 0 fully saturated rings.